The Balaban J connectivity index is 1.48. The summed E-state index contributed by atoms with van der Waals surface area (Å²) in [7, 11) is 0. The fraction of sp³-hybridized carbons (Fsp3) is 0. The number of thiophene rings is 1. The van der Waals surface area contributed by atoms with Crippen molar-refractivity contribution in [2.75, 3.05) is 0 Å². The van der Waals surface area contributed by atoms with Crippen molar-refractivity contribution in [3.8, 4) is 5.75 Å². The Morgan fingerprint density at radius 3 is 2.58 bits per heavy atom. The van der Waals surface area contributed by atoms with Crippen LogP contribution in [0.25, 0.3) is 16.2 Å². The molecule has 0 spiro atoms. The van der Waals surface area contributed by atoms with Gasteiger partial charge in [-0.2, -0.15) is 0 Å². The molecule has 2 heterocycles. The van der Waals surface area contributed by atoms with Crippen LogP contribution >= 0.6 is 34.5 Å². The second-order valence-electron chi connectivity index (χ2n) is 7.02. The minimum Gasteiger partial charge on any atom is -0.422 e. The highest BCUT2D eigenvalue weighted by Crippen LogP contribution is 2.38. The molecule has 1 aliphatic rings. The van der Waals surface area contributed by atoms with Gasteiger partial charge in [-0.15, -0.1) is 11.3 Å². The van der Waals surface area contributed by atoms with Gasteiger partial charge in [-0.25, -0.2) is 14.6 Å². The van der Waals surface area contributed by atoms with Crippen molar-refractivity contribution in [2.24, 2.45) is 4.99 Å². The van der Waals surface area contributed by atoms with E-state index >= 15 is 0 Å². The Hall–Kier alpha value is -3.45. The van der Waals surface area contributed by atoms with Crippen LogP contribution in [0.2, 0.25) is 10.0 Å². The molecule has 162 valence electrons. The van der Waals surface area contributed by atoms with Gasteiger partial charge < -0.3 is 9.47 Å². The first-order chi connectivity index (χ1) is 16.0. The quantitative estimate of drug-likeness (QED) is 0.178. The van der Waals surface area contributed by atoms with Crippen LogP contribution in [0.1, 0.15) is 20.8 Å². The van der Waals surface area contributed by atoms with E-state index in [0.717, 1.165) is 10.1 Å². The Morgan fingerprint density at radius 1 is 1.00 bits per heavy atom. The number of ether oxygens (including phenoxy) is 2. The van der Waals surface area contributed by atoms with Crippen molar-refractivity contribution in [2.45, 2.75) is 0 Å². The van der Waals surface area contributed by atoms with Crippen LogP contribution < -0.4 is 4.74 Å². The van der Waals surface area contributed by atoms with Crippen LogP contribution in [0.3, 0.4) is 0 Å². The molecule has 0 unspecified atom stereocenters. The van der Waals surface area contributed by atoms with E-state index in [0.29, 0.717) is 31.8 Å². The lowest BCUT2D eigenvalue weighted by molar-refractivity contribution is -0.129. The maximum absolute atomic E-state index is 12.5. The average molecular weight is 494 g/mol. The zero-order valence-electron chi connectivity index (χ0n) is 16.7. The number of nitrogens with zero attached hydrogens (tertiary/aromatic N) is 1. The highest BCUT2D eigenvalue weighted by molar-refractivity contribution is 7.21. The number of aliphatic imine (C=N–C) groups is 1. The third kappa shape index (κ3) is 4.28. The summed E-state index contributed by atoms with van der Waals surface area (Å²) in [6, 6.07) is 20.9. The Kier molecular flexibility index (Phi) is 5.72. The van der Waals surface area contributed by atoms with Gasteiger partial charge in [0.15, 0.2) is 5.70 Å². The van der Waals surface area contributed by atoms with E-state index < -0.39 is 11.9 Å². The SMILES string of the molecule is O=C1OC(c2sc3cc(Cl)ccc3c2Cl)=N/C1=C/c1ccccc1OC(=O)c1ccccc1. The molecule has 3 aromatic carbocycles. The van der Waals surface area contributed by atoms with Gasteiger partial charge >= 0.3 is 11.9 Å². The number of carbonyl (C=O) groups excluding carboxylic acids is 2. The molecule has 1 aromatic heterocycles. The first-order valence-electron chi connectivity index (χ1n) is 9.76. The maximum Gasteiger partial charge on any atom is 0.363 e. The Labute approximate surface area is 202 Å². The summed E-state index contributed by atoms with van der Waals surface area (Å²) in [5, 5.41) is 1.83. The van der Waals surface area contributed by atoms with Gasteiger partial charge in [0.25, 0.3) is 0 Å². The highest BCUT2D eigenvalue weighted by Gasteiger charge is 2.28. The normalized spacial score (nSPS) is 14.4. The van der Waals surface area contributed by atoms with Crippen LogP contribution in [0.5, 0.6) is 5.75 Å². The Bertz CT molecular complexity index is 1470. The number of cyclic esters (lactones) is 1. The largest absolute Gasteiger partial charge is 0.422 e. The van der Waals surface area contributed by atoms with E-state index in [2.05, 4.69) is 4.99 Å². The summed E-state index contributed by atoms with van der Waals surface area (Å²) in [5.74, 6) is -0.715. The summed E-state index contributed by atoms with van der Waals surface area (Å²) in [6.45, 7) is 0. The fourth-order valence-corrected chi connectivity index (χ4v) is 4.97. The van der Waals surface area contributed by atoms with E-state index in [1.165, 1.54) is 17.4 Å². The fourth-order valence-electron chi connectivity index (χ4n) is 3.26. The molecular weight excluding hydrogens is 481 g/mol. The number of fused-ring (bicyclic) bond motifs is 1. The van der Waals surface area contributed by atoms with E-state index in [-0.39, 0.29) is 11.6 Å². The van der Waals surface area contributed by atoms with Crippen molar-refractivity contribution in [3.05, 3.63) is 105 Å². The van der Waals surface area contributed by atoms with Crippen molar-refractivity contribution < 1.29 is 19.1 Å². The molecule has 8 heteroatoms. The number of carbonyl (C=O) groups is 2. The molecule has 0 saturated heterocycles. The molecular formula is C25H13Cl2NO4S. The summed E-state index contributed by atoms with van der Waals surface area (Å²) in [4.78, 5) is 29.9. The van der Waals surface area contributed by atoms with Gasteiger partial charge in [-0.1, -0.05) is 65.7 Å². The number of benzene rings is 3. The molecule has 0 atom stereocenters. The van der Waals surface area contributed by atoms with Gasteiger partial charge in [-0.05, 0) is 36.4 Å². The molecule has 1 aliphatic heterocycles. The molecule has 5 nitrogen and oxygen atoms in total. The smallest absolute Gasteiger partial charge is 0.363 e. The molecule has 0 radical (unpaired) electrons. The van der Waals surface area contributed by atoms with Gasteiger partial charge in [0.1, 0.15) is 10.6 Å². The van der Waals surface area contributed by atoms with Crippen LogP contribution in [0.4, 0.5) is 0 Å². The monoisotopic (exact) mass is 493 g/mol. The molecule has 0 amide bonds. The van der Waals surface area contributed by atoms with Crippen LogP contribution in [0.15, 0.2) is 83.5 Å². The zero-order chi connectivity index (χ0) is 22.9. The van der Waals surface area contributed by atoms with E-state index in [9.17, 15) is 9.59 Å². The second kappa shape index (κ2) is 8.83. The molecule has 0 fully saturated rings. The minimum atomic E-state index is -0.624. The first kappa shape index (κ1) is 21.4. The number of esters is 2. The lowest BCUT2D eigenvalue weighted by atomic mass is 10.1. The number of halogens is 2. The van der Waals surface area contributed by atoms with E-state index in [1.54, 1.807) is 60.7 Å². The minimum absolute atomic E-state index is 0.0692. The van der Waals surface area contributed by atoms with Crippen LogP contribution in [0, 0.1) is 0 Å². The number of rotatable bonds is 4. The molecule has 5 rings (SSSR count). The van der Waals surface area contributed by atoms with Crippen molar-refractivity contribution in [1.82, 2.24) is 0 Å². The van der Waals surface area contributed by atoms with Gasteiger partial charge in [-0.3, -0.25) is 0 Å². The molecule has 33 heavy (non-hydrogen) atoms. The van der Waals surface area contributed by atoms with Gasteiger partial charge in [0.05, 0.1) is 10.6 Å². The molecule has 0 aliphatic carbocycles. The topological polar surface area (TPSA) is 65.0 Å². The maximum atomic E-state index is 12.5. The lowest BCUT2D eigenvalue weighted by Gasteiger charge is -2.07. The Morgan fingerprint density at radius 2 is 1.76 bits per heavy atom. The summed E-state index contributed by atoms with van der Waals surface area (Å²) in [5.41, 5.74) is 0.993. The van der Waals surface area contributed by atoms with Crippen LogP contribution in [-0.2, 0) is 9.53 Å². The first-order valence-corrected chi connectivity index (χ1v) is 11.3. The molecule has 0 bridgehead atoms. The predicted octanol–water partition coefficient (Wildman–Crippen LogP) is 6.77. The average Bonchev–Trinajstić information content (AvgIpc) is 3.34. The van der Waals surface area contributed by atoms with Gasteiger partial charge in [0, 0.05) is 20.7 Å². The predicted molar refractivity (Wildman–Crippen MR) is 130 cm³/mol. The third-order valence-electron chi connectivity index (χ3n) is 4.83. The number of para-hydroxylation sites is 1. The highest BCUT2D eigenvalue weighted by atomic mass is 35.5. The second-order valence-corrected chi connectivity index (χ2v) is 8.88. The standard InChI is InChI=1S/C25H13Cl2NO4S/c26-16-10-11-17-20(13-16)33-22(21(17)27)23-28-18(25(30)32-23)12-15-8-4-5-9-19(15)31-24(29)14-6-2-1-3-7-14/h1-13H/b18-12+. The third-order valence-corrected chi connectivity index (χ3v) is 6.71. The van der Waals surface area contributed by atoms with E-state index in [4.69, 9.17) is 32.7 Å². The van der Waals surface area contributed by atoms with E-state index in [1.807, 2.05) is 12.1 Å². The number of hydrogen-bond donors (Lipinski definition) is 0. The van der Waals surface area contributed by atoms with Crippen LogP contribution in [-0.4, -0.2) is 17.8 Å². The molecule has 0 saturated carbocycles. The van der Waals surface area contributed by atoms with Crippen molar-refractivity contribution >= 4 is 68.5 Å². The lowest BCUT2D eigenvalue weighted by Crippen LogP contribution is -2.09. The molecule has 4 aromatic rings. The molecule has 0 N–H and O–H groups in total. The summed E-state index contributed by atoms with van der Waals surface area (Å²) >= 11 is 13.9. The summed E-state index contributed by atoms with van der Waals surface area (Å²) < 4.78 is 11.8. The van der Waals surface area contributed by atoms with Crippen molar-refractivity contribution in [1.29, 1.82) is 0 Å². The van der Waals surface area contributed by atoms with Crippen molar-refractivity contribution in [3.63, 3.8) is 0 Å². The number of hydrogen-bond acceptors (Lipinski definition) is 6. The zero-order valence-corrected chi connectivity index (χ0v) is 19.1. The summed E-state index contributed by atoms with van der Waals surface area (Å²) in [6.07, 6.45) is 1.51. The van der Waals surface area contributed by atoms with Gasteiger partial charge in [0.2, 0.25) is 5.90 Å².